The third-order valence-electron chi connectivity index (χ3n) is 3.74. The third kappa shape index (κ3) is 2.99. The minimum atomic E-state index is -0.282. The molecule has 20 heavy (non-hydrogen) atoms. The van der Waals surface area contributed by atoms with Crippen LogP contribution in [0.3, 0.4) is 0 Å². The SMILES string of the molecule is OCC(Nc1cccc(F)c1)c1ccc(C2CC2)cc1. The third-order valence-corrected chi connectivity index (χ3v) is 3.74. The molecule has 1 unspecified atom stereocenters. The van der Waals surface area contributed by atoms with Crippen LogP contribution in [0.25, 0.3) is 0 Å². The monoisotopic (exact) mass is 271 g/mol. The molecule has 0 radical (unpaired) electrons. The Balaban J connectivity index is 1.75. The zero-order valence-corrected chi connectivity index (χ0v) is 11.2. The molecule has 2 aromatic rings. The Morgan fingerprint density at radius 3 is 2.50 bits per heavy atom. The van der Waals surface area contributed by atoms with Gasteiger partial charge in [-0.05, 0) is 48.1 Å². The van der Waals surface area contributed by atoms with Gasteiger partial charge in [-0.15, -0.1) is 0 Å². The smallest absolute Gasteiger partial charge is 0.125 e. The molecule has 2 nitrogen and oxygen atoms in total. The summed E-state index contributed by atoms with van der Waals surface area (Å²) in [4.78, 5) is 0. The molecular weight excluding hydrogens is 253 g/mol. The number of rotatable bonds is 5. The van der Waals surface area contributed by atoms with Crippen molar-refractivity contribution in [3.05, 3.63) is 65.5 Å². The van der Waals surface area contributed by atoms with Crippen molar-refractivity contribution >= 4 is 5.69 Å². The van der Waals surface area contributed by atoms with E-state index < -0.39 is 0 Å². The highest BCUT2D eigenvalue weighted by molar-refractivity contribution is 5.46. The Morgan fingerprint density at radius 1 is 1.15 bits per heavy atom. The molecule has 0 aromatic heterocycles. The molecule has 1 saturated carbocycles. The lowest BCUT2D eigenvalue weighted by atomic mass is 10.0. The molecule has 0 amide bonds. The minimum absolute atomic E-state index is 0.0285. The highest BCUT2D eigenvalue weighted by atomic mass is 19.1. The van der Waals surface area contributed by atoms with E-state index in [1.807, 2.05) is 12.1 Å². The van der Waals surface area contributed by atoms with Crippen LogP contribution < -0.4 is 5.32 Å². The summed E-state index contributed by atoms with van der Waals surface area (Å²) >= 11 is 0. The number of aliphatic hydroxyl groups excluding tert-OH is 1. The Labute approximate surface area is 118 Å². The van der Waals surface area contributed by atoms with Crippen LogP contribution in [0.5, 0.6) is 0 Å². The summed E-state index contributed by atoms with van der Waals surface area (Å²) in [7, 11) is 0. The van der Waals surface area contributed by atoms with Crippen LogP contribution in [0.1, 0.15) is 35.9 Å². The Kier molecular flexibility index (Phi) is 3.70. The lowest BCUT2D eigenvalue weighted by Gasteiger charge is -2.18. The van der Waals surface area contributed by atoms with Gasteiger partial charge >= 0.3 is 0 Å². The van der Waals surface area contributed by atoms with E-state index in [1.54, 1.807) is 12.1 Å². The summed E-state index contributed by atoms with van der Waals surface area (Å²) in [6, 6.07) is 14.4. The Morgan fingerprint density at radius 2 is 1.90 bits per heavy atom. The summed E-state index contributed by atoms with van der Waals surface area (Å²) in [5.74, 6) is 0.448. The van der Waals surface area contributed by atoms with Crippen molar-refractivity contribution in [2.75, 3.05) is 11.9 Å². The summed E-state index contributed by atoms with van der Waals surface area (Å²) in [5, 5.41) is 12.7. The standard InChI is InChI=1S/C17H18FNO/c18-15-2-1-3-16(10-15)19-17(11-20)14-8-6-13(7-9-14)12-4-5-12/h1-3,6-10,12,17,19-20H,4-5,11H2. The van der Waals surface area contributed by atoms with E-state index in [-0.39, 0.29) is 18.5 Å². The van der Waals surface area contributed by atoms with Gasteiger partial charge in [-0.1, -0.05) is 30.3 Å². The average Bonchev–Trinajstić information content (AvgIpc) is 3.30. The van der Waals surface area contributed by atoms with Crippen LogP contribution in [-0.2, 0) is 0 Å². The molecule has 0 spiro atoms. The van der Waals surface area contributed by atoms with Crippen molar-refractivity contribution in [2.45, 2.75) is 24.8 Å². The second-order valence-corrected chi connectivity index (χ2v) is 5.33. The maximum atomic E-state index is 13.2. The molecule has 104 valence electrons. The zero-order chi connectivity index (χ0) is 13.9. The molecule has 1 atom stereocenters. The van der Waals surface area contributed by atoms with E-state index in [0.29, 0.717) is 5.69 Å². The highest BCUT2D eigenvalue weighted by Gasteiger charge is 2.23. The first kappa shape index (κ1) is 13.1. The van der Waals surface area contributed by atoms with Gasteiger partial charge in [-0.25, -0.2) is 4.39 Å². The van der Waals surface area contributed by atoms with E-state index in [4.69, 9.17) is 0 Å². The van der Waals surface area contributed by atoms with Crippen molar-refractivity contribution in [2.24, 2.45) is 0 Å². The van der Waals surface area contributed by atoms with Gasteiger partial charge in [0, 0.05) is 5.69 Å². The fourth-order valence-corrected chi connectivity index (χ4v) is 2.43. The molecule has 0 saturated heterocycles. The molecule has 3 heteroatoms. The minimum Gasteiger partial charge on any atom is -0.394 e. The predicted octanol–water partition coefficient (Wildman–Crippen LogP) is 3.85. The van der Waals surface area contributed by atoms with Crippen LogP contribution in [0.4, 0.5) is 10.1 Å². The summed E-state index contributed by atoms with van der Waals surface area (Å²) < 4.78 is 13.2. The number of nitrogens with one attached hydrogen (secondary N) is 1. The average molecular weight is 271 g/mol. The molecule has 2 N–H and O–H groups in total. The first-order valence-electron chi connectivity index (χ1n) is 6.99. The first-order valence-corrected chi connectivity index (χ1v) is 6.99. The fraction of sp³-hybridized carbons (Fsp3) is 0.294. The molecule has 0 aliphatic heterocycles. The maximum absolute atomic E-state index is 13.2. The molecule has 1 aliphatic rings. The molecule has 0 heterocycles. The number of aliphatic hydroxyl groups is 1. The summed E-state index contributed by atoms with van der Waals surface area (Å²) in [6.45, 7) is -0.0285. The van der Waals surface area contributed by atoms with Crippen molar-refractivity contribution < 1.29 is 9.50 Å². The van der Waals surface area contributed by atoms with E-state index >= 15 is 0 Å². The summed E-state index contributed by atoms with van der Waals surface area (Å²) in [6.07, 6.45) is 2.56. The van der Waals surface area contributed by atoms with Gasteiger partial charge in [-0.3, -0.25) is 0 Å². The van der Waals surface area contributed by atoms with E-state index in [0.717, 1.165) is 11.5 Å². The fourth-order valence-electron chi connectivity index (χ4n) is 2.43. The van der Waals surface area contributed by atoms with Gasteiger partial charge in [0.2, 0.25) is 0 Å². The van der Waals surface area contributed by atoms with Crippen LogP contribution in [0, 0.1) is 5.82 Å². The quantitative estimate of drug-likeness (QED) is 0.865. The highest BCUT2D eigenvalue weighted by Crippen LogP contribution is 2.40. The van der Waals surface area contributed by atoms with Crippen LogP contribution >= 0.6 is 0 Å². The van der Waals surface area contributed by atoms with Crippen molar-refractivity contribution in [1.82, 2.24) is 0 Å². The van der Waals surface area contributed by atoms with Gasteiger partial charge in [-0.2, -0.15) is 0 Å². The van der Waals surface area contributed by atoms with Crippen LogP contribution in [-0.4, -0.2) is 11.7 Å². The van der Waals surface area contributed by atoms with Gasteiger partial charge < -0.3 is 10.4 Å². The summed E-state index contributed by atoms with van der Waals surface area (Å²) in [5.41, 5.74) is 3.06. The van der Waals surface area contributed by atoms with Crippen LogP contribution in [0.2, 0.25) is 0 Å². The largest absolute Gasteiger partial charge is 0.394 e. The van der Waals surface area contributed by atoms with E-state index in [9.17, 15) is 9.50 Å². The first-order chi connectivity index (χ1) is 9.76. The van der Waals surface area contributed by atoms with E-state index in [2.05, 4.69) is 17.4 Å². The van der Waals surface area contributed by atoms with Crippen LogP contribution in [0.15, 0.2) is 48.5 Å². The number of hydrogen-bond donors (Lipinski definition) is 2. The second-order valence-electron chi connectivity index (χ2n) is 5.33. The number of anilines is 1. The normalized spacial score (nSPS) is 15.9. The maximum Gasteiger partial charge on any atom is 0.125 e. The Hall–Kier alpha value is -1.87. The molecule has 1 fully saturated rings. The van der Waals surface area contributed by atoms with Gasteiger partial charge in [0.25, 0.3) is 0 Å². The molecular formula is C17H18FNO. The molecule has 2 aromatic carbocycles. The van der Waals surface area contributed by atoms with E-state index in [1.165, 1.54) is 30.5 Å². The van der Waals surface area contributed by atoms with Gasteiger partial charge in [0.15, 0.2) is 0 Å². The second kappa shape index (κ2) is 5.63. The lowest BCUT2D eigenvalue weighted by molar-refractivity contribution is 0.276. The predicted molar refractivity (Wildman–Crippen MR) is 78.3 cm³/mol. The number of hydrogen-bond acceptors (Lipinski definition) is 2. The van der Waals surface area contributed by atoms with Crippen molar-refractivity contribution in [3.63, 3.8) is 0 Å². The lowest BCUT2D eigenvalue weighted by Crippen LogP contribution is -2.14. The zero-order valence-electron chi connectivity index (χ0n) is 11.2. The molecule has 0 bridgehead atoms. The van der Waals surface area contributed by atoms with Gasteiger partial charge in [0.1, 0.15) is 5.82 Å². The Bertz CT molecular complexity index is 578. The van der Waals surface area contributed by atoms with Gasteiger partial charge in [0.05, 0.1) is 12.6 Å². The number of halogens is 1. The topological polar surface area (TPSA) is 32.3 Å². The number of benzene rings is 2. The molecule has 1 aliphatic carbocycles. The molecule has 3 rings (SSSR count). The van der Waals surface area contributed by atoms with Crippen molar-refractivity contribution in [1.29, 1.82) is 0 Å². The van der Waals surface area contributed by atoms with Crippen molar-refractivity contribution in [3.8, 4) is 0 Å².